The highest BCUT2D eigenvalue weighted by Gasteiger charge is 2.43. The van der Waals surface area contributed by atoms with Crippen molar-refractivity contribution in [2.24, 2.45) is 11.8 Å². The molecule has 0 N–H and O–H groups in total. The van der Waals surface area contributed by atoms with Gasteiger partial charge in [0.1, 0.15) is 5.78 Å². The van der Waals surface area contributed by atoms with Crippen LogP contribution in [0.2, 0.25) is 0 Å². The molecule has 0 spiro atoms. The molecule has 1 rings (SSSR count). The van der Waals surface area contributed by atoms with Crippen LogP contribution >= 0.6 is 0 Å². The Kier molecular flexibility index (Phi) is 3.56. The number of rotatable bonds is 2. The monoisotopic (exact) mass is 208 g/mol. The molecule has 0 aromatic carbocycles. The van der Waals surface area contributed by atoms with Crippen molar-refractivity contribution in [2.75, 3.05) is 0 Å². The van der Waals surface area contributed by atoms with Crippen molar-refractivity contribution in [3.05, 3.63) is 0 Å². The van der Waals surface area contributed by atoms with Crippen molar-refractivity contribution < 1.29 is 18.0 Å². The summed E-state index contributed by atoms with van der Waals surface area (Å²) in [6.07, 6.45) is -2.39. The van der Waals surface area contributed by atoms with E-state index in [1.165, 1.54) is 0 Å². The Morgan fingerprint density at radius 1 is 1.36 bits per heavy atom. The molecule has 4 heteroatoms. The van der Waals surface area contributed by atoms with E-state index >= 15 is 0 Å². The van der Waals surface area contributed by atoms with Crippen LogP contribution in [0, 0.1) is 11.8 Å². The SMILES string of the molecule is CCC(=O)C1CCCC(C(F)(F)F)C1. The molecule has 1 saturated carbocycles. The maximum atomic E-state index is 12.4. The number of carbonyl (C=O) groups is 1. The maximum absolute atomic E-state index is 12.4. The van der Waals surface area contributed by atoms with E-state index in [9.17, 15) is 18.0 Å². The first kappa shape index (κ1) is 11.5. The topological polar surface area (TPSA) is 17.1 Å². The lowest BCUT2D eigenvalue weighted by molar-refractivity contribution is -0.186. The van der Waals surface area contributed by atoms with Crippen LogP contribution in [-0.4, -0.2) is 12.0 Å². The number of Topliss-reactive ketones (excluding diaryl/α,β-unsaturated/α-hetero) is 1. The Morgan fingerprint density at radius 3 is 2.50 bits per heavy atom. The van der Waals surface area contributed by atoms with Crippen LogP contribution in [0.3, 0.4) is 0 Å². The summed E-state index contributed by atoms with van der Waals surface area (Å²) in [7, 11) is 0. The molecule has 0 bridgehead atoms. The molecule has 2 unspecified atom stereocenters. The first-order chi connectivity index (χ1) is 6.45. The normalized spacial score (nSPS) is 28.9. The van der Waals surface area contributed by atoms with Gasteiger partial charge in [0.15, 0.2) is 0 Å². The molecule has 0 radical (unpaired) electrons. The van der Waals surface area contributed by atoms with Crippen molar-refractivity contribution in [1.29, 1.82) is 0 Å². The molecule has 1 fully saturated rings. The molecule has 0 aromatic rings. The Morgan fingerprint density at radius 2 is 2.00 bits per heavy atom. The van der Waals surface area contributed by atoms with Gasteiger partial charge in [-0.05, 0) is 19.3 Å². The number of ketones is 1. The summed E-state index contributed by atoms with van der Waals surface area (Å²) >= 11 is 0. The molecule has 0 aliphatic heterocycles. The molecule has 2 atom stereocenters. The molecule has 0 aromatic heterocycles. The maximum Gasteiger partial charge on any atom is 0.391 e. The summed E-state index contributed by atoms with van der Waals surface area (Å²) in [6.45, 7) is 1.71. The zero-order valence-corrected chi connectivity index (χ0v) is 8.23. The lowest BCUT2D eigenvalue weighted by atomic mass is 9.78. The highest BCUT2D eigenvalue weighted by atomic mass is 19.4. The standard InChI is InChI=1S/C10H15F3O/c1-2-9(14)7-4-3-5-8(6-7)10(11,12)13/h7-8H,2-6H2,1H3. The number of alkyl halides is 3. The predicted molar refractivity (Wildman–Crippen MR) is 46.8 cm³/mol. The fourth-order valence-corrected chi connectivity index (χ4v) is 2.07. The van der Waals surface area contributed by atoms with Crippen molar-refractivity contribution in [1.82, 2.24) is 0 Å². The second-order valence-corrected chi connectivity index (χ2v) is 3.92. The van der Waals surface area contributed by atoms with Crippen LogP contribution in [0.25, 0.3) is 0 Å². The van der Waals surface area contributed by atoms with Crippen LogP contribution in [0.1, 0.15) is 39.0 Å². The predicted octanol–water partition coefficient (Wildman–Crippen LogP) is 3.33. The van der Waals surface area contributed by atoms with Gasteiger partial charge in [0.2, 0.25) is 0 Å². The lowest BCUT2D eigenvalue weighted by Gasteiger charge is -2.29. The minimum atomic E-state index is -4.12. The van der Waals surface area contributed by atoms with E-state index in [0.29, 0.717) is 19.3 Å². The van der Waals surface area contributed by atoms with Gasteiger partial charge in [0.25, 0.3) is 0 Å². The van der Waals surface area contributed by atoms with Gasteiger partial charge in [0, 0.05) is 12.3 Å². The Hall–Kier alpha value is -0.540. The minimum absolute atomic E-state index is 0.0101. The number of halogens is 3. The zero-order chi connectivity index (χ0) is 10.8. The molecular formula is C10H15F3O. The van der Waals surface area contributed by atoms with E-state index in [2.05, 4.69) is 0 Å². The molecule has 1 nitrogen and oxygen atoms in total. The average Bonchev–Trinajstić information content (AvgIpc) is 2.15. The van der Waals surface area contributed by atoms with Gasteiger partial charge < -0.3 is 0 Å². The molecule has 14 heavy (non-hydrogen) atoms. The molecule has 1 aliphatic rings. The summed E-state index contributed by atoms with van der Waals surface area (Å²) in [5.41, 5.74) is 0. The van der Waals surface area contributed by atoms with Crippen molar-refractivity contribution >= 4 is 5.78 Å². The third kappa shape index (κ3) is 2.72. The van der Waals surface area contributed by atoms with Crippen LogP contribution in [0.5, 0.6) is 0 Å². The third-order valence-corrected chi connectivity index (χ3v) is 2.94. The van der Waals surface area contributed by atoms with Gasteiger partial charge in [-0.2, -0.15) is 13.2 Å². The molecule has 0 heterocycles. The van der Waals surface area contributed by atoms with Crippen molar-refractivity contribution in [3.8, 4) is 0 Å². The van der Waals surface area contributed by atoms with E-state index in [0.717, 1.165) is 0 Å². The van der Waals surface area contributed by atoms with Gasteiger partial charge >= 0.3 is 6.18 Å². The summed E-state index contributed by atoms with van der Waals surface area (Å²) < 4.78 is 37.1. The number of hydrogen-bond acceptors (Lipinski definition) is 1. The molecule has 82 valence electrons. The van der Waals surface area contributed by atoms with Crippen LogP contribution in [0.4, 0.5) is 13.2 Å². The smallest absolute Gasteiger partial charge is 0.299 e. The third-order valence-electron chi connectivity index (χ3n) is 2.94. The second kappa shape index (κ2) is 4.32. The average molecular weight is 208 g/mol. The molecule has 0 saturated heterocycles. The van der Waals surface area contributed by atoms with Crippen molar-refractivity contribution in [2.45, 2.75) is 45.2 Å². The molecular weight excluding hydrogens is 193 g/mol. The minimum Gasteiger partial charge on any atom is -0.299 e. The van der Waals surface area contributed by atoms with Gasteiger partial charge in [-0.25, -0.2) is 0 Å². The van der Waals surface area contributed by atoms with Gasteiger partial charge in [-0.1, -0.05) is 13.3 Å². The Balaban J connectivity index is 2.56. The molecule has 1 aliphatic carbocycles. The quantitative estimate of drug-likeness (QED) is 0.680. The number of hydrogen-bond donors (Lipinski definition) is 0. The Bertz CT molecular complexity index is 210. The van der Waals surface area contributed by atoms with Crippen LogP contribution in [0.15, 0.2) is 0 Å². The second-order valence-electron chi connectivity index (χ2n) is 3.92. The van der Waals surface area contributed by atoms with Gasteiger partial charge in [0.05, 0.1) is 5.92 Å². The lowest BCUT2D eigenvalue weighted by Crippen LogP contribution is -2.31. The van der Waals surface area contributed by atoms with E-state index in [4.69, 9.17) is 0 Å². The van der Waals surface area contributed by atoms with Crippen LogP contribution in [-0.2, 0) is 4.79 Å². The van der Waals surface area contributed by atoms with E-state index < -0.39 is 12.1 Å². The largest absolute Gasteiger partial charge is 0.391 e. The van der Waals surface area contributed by atoms with Crippen molar-refractivity contribution in [3.63, 3.8) is 0 Å². The first-order valence-corrected chi connectivity index (χ1v) is 5.04. The van der Waals surface area contributed by atoms with E-state index in [1.54, 1.807) is 6.92 Å². The summed E-state index contributed by atoms with van der Waals surface area (Å²) in [5.74, 6) is -1.61. The van der Waals surface area contributed by atoms with Gasteiger partial charge in [-0.3, -0.25) is 4.79 Å². The Labute approximate surface area is 81.7 Å². The highest BCUT2D eigenvalue weighted by Crippen LogP contribution is 2.40. The molecule has 0 amide bonds. The van der Waals surface area contributed by atoms with Crippen LogP contribution < -0.4 is 0 Å². The first-order valence-electron chi connectivity index (χ1n) is 5.04. The summed E-state index contributed by atoms with van der Waals surface area (Å²) in [6, 6.07) is 0. The van der Waals surface area contributed by atoms with E-state index in [1.807, 2.05) is 0 Å². The number of carbonyl (C=O) groups excluding carboxylic acids is 1. The summed E-state index contributed by atoms with van der Waals surface area (Å²) in [5, 5.41) is 0. The van der Waals surface area contributed by atoms with E-state index in [-0.39, 0.29) is 24.5 Å². The fraction of sp³-hybridized carbons (Fsp3) is 0.900. The fourth-order valence-electron chi connectivity index (χ4n) is 2.07. The highest BCUT2D eigenvalue weighted by molar-refractivity contribution is 5.80. The summed E-state index contributed by atoms with van der Waals surface area (Å²) in [4.78, 5) is 11.3. The zero-order valence-electron chi connectivity index (χ0n) is 8.23. The van der Waals surface area contributed by atoms with Gasteiger partial charge in [-0.15, -0.1) is 0 Å².